The van der Waals surface area contributed by atoms with Crippen molar-refractivity contribution in [2.75, 3.05) is 59.4 Å². The van der Waals surface area contributed by atoms with Gasteiger partial charge in [0.2, 0.25) is 0 Å². The Hall–Kier alpha value is -2.33. The molecule has 9 nitrogen and oxygen atoms in total. The summed E-state index contributed by atoms with van der Waals surface area (Å²) in [6, 6.07) is 6.78. The number of esters is 1. The van der Waals surface area contributed by atoms with Crippen LogP contribution < -0.4 is 0 Å². The fraction of sp³-hybridized carbons (Fsp3) is 0.591. The smallest absolute Gasteiger partial charge is 0.332 e. The quantitative estimate of drug-likeness (QED) is 0.246. The largest absolute Gasteiger partial charge is 0.458 e. The highest BCUT2D eigenvalue weighted by Crippen LogP contribution is 2.21. The Bertz CT molecular complexity index is 708. The van der Waals surface area contributed by atoms with Gasteiger partial charge in [0.15, 0.2) is 0 Å². The average Bonchev–Trinajstić information content (AvgIpc) is 2.95. The Morgan fingerprint density at radius 1 is 0.774 bits per heavy atom. The number of hydrogen-bond donors (Lipinski definition) is 0. The number of ether oxygens (including phenoxy) is 5. The maximum absolute atomic E-state index is 12.2. The zero-order chi connectivity index (χ0) is 22.7. The predicted octanol–water partition coefficient (Wildman–Crippen LogP) is 1.69. The number of rotatable bonds is 14. The van der Waals surface area contributed by atoms with E-state index in [0.29, 0.717) is 50.8 Å². The number of carbonyl (C=O) groups excluding carboxylic acids is 3. The van der Waals surface area contributed by atoms with Crippen molar-refractivity contribution in [3.05, 3.63) is 35.4 Å². The second-order valence-electron chi connectivity index (χ2n) is 7.78. The first-order valence-corrected chi connectivity index (χ1v) is 10.3. The third-order valence-corrected chi connectivity index (χ3v) is 4.09. The first-order chi connectivity index (χ1) is 14.8. The van der Waals surface area contributed by atoms with E-state index in [-0.39, 0.29) is 31.6 Å². The molecule has 1 aliphatic heterocycles. The Balaban J connectivity index is 1.40. The van der Waals surface area contributed by atoms with Crippen LogP contribution in [0.2, 0.25) is 0 Å². The molecule has 1 aliphatic rings. The molecule has 0 atom stereocenters. The van der Waals surface area contributed by atoms with Gasteiger partial charge >= 0.3 is 5.97 Å². The van der Waals surface area contributed by atoms with Gasteiger partial charge in [-0.25, -0.2) is 4.79 Å². The summed E-state index contributed by atoms with van der Waals surface area (Å²) in [4.78, 5) is 37.1. The summed E-state index contributed by atoms with van der Waals surface area (Å²) in [6.45, 7) is 7.91. The Labute approximate surface area is 182 Å². The summed E-state index contributed by atoms with van der Waals surface area (Å²) in [6.07, 6.45) is 0. The normalized spacial score (nSPS) is 13.6. The van der Waals surface area contributed by atoms with Crippen molar-refractivity contribution in [1.82, 2.24) is 4.90 Å². The van der Waals surface area contributed by atoms with E-state index >= 15 is 0 Å². The molecule has 0 saturated heterocycles. The van der Waals surface area contributed by atoms with Crippen molar-refractivity contribution in [2.24, 2.45) is 0 Å². The molecule has 1 aromatic carbocycles. The molecule has 31 heavy (non-hydrogen) atoms. The summed E-state index contributed by atoms with van der Waals surface area (Å²) < 4.78 is 26.5. The molecule has 0 spiro atoms. The van der Waals surface area contributed by atoms with E-state index in [1.54, 1.807) is 45.0 Å². The van der Waals surface area contributed by atoms with Gasteiger partial charge in [-0.3, -0.25) is 14.5 Å². The molecule has 172 valence electrons. The molecule has 2 amide bonds. The lowest BCUT2D eigenvalue weighted by Gasteiger charge is -2.19. The Morgan fingerprint density at radius 3 is 1.71 bits per heavy atom. The Morgan fingerprint density at radius 2 is 1.23 bits per heavy atom. The van der Waals surface area contributed by atoms with E-state index in [1.807, 2.05) is 0 Å². The van der Waals surface area contributed by atoms with Gasteiger partial charge in [-0.15, -0.1) is 0 Å². The van der Waals surface area contributed by atoms with Crippen LogP contribution in [0.15, 0.2) is 24.3 Å². The first-order valence-electron chi connectivity index (χ1n) is 10.3. The zero-order valence-electron chi connectivity index (χ0n) is 18.4. The van der Waals surface area contributed by atoms with Crippen LogP contribution in [0.1, 0.15) is 41.5 Å². The van der Waals surface area contributed by atoms with Gasteiger partial charge in [0.1, 0.15) is 12.2 Å². The minimum atomic E-state index is -0.521. The summed E-state index contributed by atoms with van der Waals surface area (Å²) in [7, 11) is 0. The van der Waals surface area contributed by atoms with Crippen molar-refractivity contribution in [1.29, 1.82) is 0 Å². The van der Waals surface area contributed by atoms with E-state index in [2.05, 4.69) is 0 Å². The lowest BCUT2D eigenvalue weighted by Crippen LogP contribution is -2.33. The molecular weight excluding hydrogens is 406 g/mol. The second-order valence-corrected chi connectivity index (χ2v) is 7.78. The number of hydrogen-bond acceptors (Lipinski definition) is 8. The monoisotopic (exact) mass is 437 g/mol. The standard InChI is InChI=1S/C22H31NO8/c1-22(2,3)31-19(24)16-30-15-14-29-13-12-28-11-10-27-9-8-23-20(25)17-6-4-5-7-18(17)21(23)26/h4-7H,8-16H2,1-3H3. The SMILES string of the molecule is CC(C)(C)OC(=O)COCCOCCOCCOCCN1C(=O)c2ccccc2C1=O. The van der Waals surface area contributed by atoms with Gasteiger partial charge < -0.3 is 23.7 Å². The van der Waals surface area contributed by atoms with Crippen molar-refractivity contribution in [2.45, 2.75) is 26.4 Å². The van der Waals surface area contributed by atoms with Crippen molar-refractivity contribution in [3.8, 4) is 0 Å². The number of imide groups is 1. The molecule has 0 N–H and O–H groups in total. The zero-order valence-corrected chi connectivity index (χ0v) is 18.4. The second kappa shape index (κ2) is 12.5. The third kappa shape index (κ3) is 8.74. The molecule has 9 heteroatoms. The van der Waals surface area contributed by atoms with E-state index in [0.717, 1.165) is 0 Å². The van der Waals surface area contributed by atoms with Crippen LogP contribution in [0.3, 0.4) is 0 Å². The number of fused-ring (bicyclic) bond motifs is 1. The van der Waals surface area contributed by atoms with Crippen LogP contribution in [0.4, 0.5) is 0 Å². The molecular formula is C22H31NO8. The van der Waals surface area contributed by atoms with Gasteiger partial charge in [-0.05, 0) is 32.9 Å². The van der Waals surface area contributed by atoms with Gasteiger partial charge in [0, 0.05) is 0 Å². The molecule has 0 fully saturated rings. The minimum Gasteiger partial charge on any atom is -0.458 e. The highest BCUT2D eigenvalue weighted by molar-refractivity contribution is 6.21. The molecule has 0 aromatic heterocycles. The van der Waals surface area contributed by atoms with E-state index in [4.69, 9.17) is 23.7 Å². The van der Waals surface area contributed by atoms with Crippen LogP contribution >= 0.6 is 0 Å². The van der Waals surface area contributed by atoms with E-state index in [9.17, 15) is 14.4 Å². The maximum Gasteiger partial charge on any atom is 0.332 e. The highest BCUT2D eigenvalue weighted by atomic mass is 16.6. The number of benzene rings is 1. The van der Waals surface area contributed by atoms with Crippen LogP contribution in [-0.4, -0.2) is 87.7 Å². The Kier molecular flexibility index (Phi) is 10.1. The summed E-state index contributed by atoms with van der Waals surface area (Å²) in [5, 5.41) is 0. The van der Waals surface area contributed by atoms with Gasteiger partial charge in [0.05, 0.1) is 63.9 Å². The van der Waals surface area contributed by atoms with Gasteiger partial charge in [-0.1, -0.05) is 12.1 Å². The van der Waals surface area contributed by atoms with E-state index < -0.39 is 11.6 Å². The highest BCUT2D eigenvalue weighted by Gasteiger charge is 2.34. The molecule has 0 bridgehead atoms. The topological polar surface area (TPSA) is 101 Å². The van der Waals surface area contributed by atoms with Crippen LogP contribution in [0.5, 0.6) is 0 Å². The molecule has 1 aromatic rings. The van der Waals surface area contributed by atoms with Gasteiger partial charge in [0.25, 0.3) is 11.8 Å². The van der Waals surface area contributed by atoms with Crippen LogP contribution in [-0.2, 0) is 28.5 Å². The van der Waals surface area contributed by atoms with Crippen molar-refractivity contribution < 1.29 is 38.1 Å². The number of nitrogens with zero attached hydrogens (tertiary/aromatic N) is 1. The third-order valence-electron chi connectivity index (χ3n) is 4.09. The lowest BCUT2D eigenvalue weighted by atomic mass is 10.1. The van der Waals surface area contributed by atoms with Crippen LogP contribution in [0, 0.1) is 0 Å². The summed E-state index contributed by atoms with van der Waals surface area (Å²) >= 11 is 0. The predicted molar refractivity (Wildman–Crippen MR) is 111 cm³/mol. The average molecular weight is 437 g/mol. The molecule has 0 radical (unpaired) electrons. The fourth-order valence-electron chi connectivity index (χ4n) is 2.78. The molecule has 1 heterocycles. The first kappa shape index (κ1) is 24.9. The minimum absolute atomic E-state index is 0.102. The summed E-state index contributed by atoms with van der Waals surface area (Å²) in [5.74, 6) is -0.973. The molecule has 2 rings (SSSR count). The summed E-state index contributed by atoms with van der Waals surface area (Å²) in [5.41, 5.74) is 0.351. The number of carbonyl (C=O) groups is 3. The fourth-order valence-corrected chi connectivity index (χ4v) is 2.78. The van der Waals surface area contributed by atoms with Crippen molar-refractivity contribution in [3.63, 3.8) is 0 Å². The van der Waals surface area contributed by atoms with E-state index in [1.165, 1.54) is 4.90 Å². The maximum atomic E-state index is 12.2. The van der Waals surface area contributed by atoms with Gasteiger partial charge in [-0.2, -0.15) is 0 Å². The molecule has 0 saturated carbocycles. The number of amides is 2. The van der Waals surface area contributed by atoms with Crippen molar-refractivity contribution >= 4 is 17.8 Å². The van der Waals surface area contributed by atoms with Crippen LogP contribution in [0.25, 0.3) is 0 Å². The molecule has 0 unspecified atom stereocenters. The molecule has 0 aliphatic carbocycles. The lowest BCUT2D eigenvalue weighted by molar-refractivity contribution is -0.160.